The number of rotatable bonds is 5. The predicted molar refractivity (Wildman–Crippen MR) is 90.2 cm³/mol. The van der Waals surface area contributed by atoms with Gasteiger partial charge in [-0.1, -0.05) is 42.5 Å². The summed E-state index contributed by atoms with van der Waals surface area (Å²) in [6, 6.07) is 11.8. The van der Waals surface area contributed by atoms with Gasteiger partial charge in [0.2, 0.25) is 0 Å². The Morgan fingerprint density at radius 3 is 2.68 bits per heavy atom. The summed E-state index contributed by atoms with van der Waals surface area (Å²) < 4.78 is 10.3. The van der Waals surface area contributed by atoms with E-state index in [1.54, 1.807) is 6.92 Å². The van der Waals surface area contributed by atoms with Gasteiger partial charge in [-0.05, 0) is 31.7 Å². The van der Waals surface area contributed by atoms with Crippen LogP contribution >= 0.6 is 0 Å². The highest BCUT2D eigenvalue weighted by Gasteiger charge is 2.63. The van der Waals surface area contributed by atoms with Crippen LogP contribution in [0.25, 0.3) is 0 Å². The summed E-state index contributed by atoms with van der Waals surface area (Å²) >= 11 is 0. The zero-order valence-corrected chi connectivity index (χ0v) is 14.3. The molecule has 0 radical (unpaired) electrons. The zero-order chi connectivity index (χ0) is 18.0. The van der Waals surface area contributed by atoms with Gasteiger partial charge in [0.05, 0.1) is 12.7 Å². The van der Waals surface area contributed by atoms with Crippen LogP contribution in [0.1, 0.15) is 31.7 Å². The third-order valence-electron chi connectivity index (χ3n) is 5.20. The molecule has 0 saturated heterocycles. The number of allylic oxidation sites excluding steroid dienone is 2. The zero-order valence-electron chi connectivity index (χ0n) is 14.3. The lowest BCUT2D eigenvalue weighted by Crippen LogP contribution is -2.43. The molecule has 1 aromatic rings. The topological polar surface area (TPSA) is 76.4 Å². The number of ether oxygens (including phenoxy) is 2. The number of nitrogens with zero attached hydrogens (tertiary/aromatic N) is 1. The SMILES string of the molecule is CCOC(=O)[C@H](C)OC(=O)[C@@]1(C#N)[C@H](c2ccccc2)[C@@H]2C=C[C@H]1C2. The van der Waals surface area contributed by atoms with E-state index in [1.807, 2.05) is 36.4 Å². The van der Waals surface area contributed by atoms with Gasteiger partial charge >= 0.3 is 11.9 Å². The Morgan fingerprint density at radius 1 is 1.32 bits per heavy atom. The van der Waals surface area contributed by atoms with Gasteiger partial charge in [0, 0.05) is 11.8 Å². The number of fused-ring (bicyclic) bond motifs is 2. The molecule has 1 fully saturated rings. The summed E-state index contributed by atoms with van der Waals surface area (Å²) in [6.07, 6.45) is 3.73. The Labute approximate surface area is 147 Å². The molecule has 130 valence electrons. The highest BCUT2D eigenvalue weighted by atomic mass is 16.6. The van der Waals surface area contributed by atoms with Crippen LogP contribution in [0.15, 0.2) is 42.5 Å². The van der Waals surface area contributed by atoms with Gasteiger partial charge in [0.15, 0.2) is 11.5 Å². The van der Waals surface area contributed by atoms with E-state index in [9.17, 15) is 14.9 Å². The normalized spacial score (nSPS) is 30.5. The first-order valence-corrected chi connectivity index (χ1v) is 8.56. The summed E-state index contributed by atoms with van der Waals surface area (Å²) in [6.45, 7) is 3.38. The largest absolute Gasteiger partial charge is 0.463 e. The second kappa shape index (κ2) is 6.72. The summed E-state index contributed by atoms with van der Waals surface area (Å²) in [7, 11) is 0. The maximum absolute atomic E-state index is 13.0. The molecule has 5 atom stereocenters. The minimum Gasteiger partial charge on any atom is -0.463 e. The van der Waals surface area contributed by atoms with Crippen molar-refractivity contribution >= 4 is 11.9 Å². The van der Waals surface area contributed by atoms with E-state index in [4.69, 9.17) is 9.47 Å². The highest BCUT2D eigenvalue weighted by molar-refractivity contribution is 5.86. The Balaban J connectivity index is 1.92. The lowest BCUT2D eigenvalue weighted by atomic mass is 9.66. The van der Waals surface area contributed by atoms with Crippen LogP contribution in [0.2, 0.25) is 0 Å². The quantitative estimate of drug-likeness (QED) is 0.609. The standard InChI is InChI=1S/C20H21NO4/c1-3-24-18(22)13(2)25-19(23)20(12-21)16-10-9-15(11-16)17(20)14-7-5-4-6-8-14/h4-10,13,15-17H,3,11H2,1-2H3/t13-,15+,16-,17+,20+/m0/s1. The van der Waals surface area contributed by atoms with Crippen LogP contribution in [-0.4, -0.2) is 24.6 Å². The second-order valence-electron chi connectivity index (χ2n) is 6.56. The van der Waals surface area contributed by atoms with Crippen LogP contribution in [0.5, 0.6) is 0 Å². The molecular formula is C20H21NO4. The van der Waals surface area contributed by atoms with E-state index < -0.39 is 23.5 Å². The van der Waals surface area contributed by atoms with Crippen molar-refractivity contribution in [2.24, 2.45) is 17.3 Å². The van der Waals surface area contributed by atoms with E-state index in [0.717, 1.165) is 12.0 Å². The summed E-state index contributed by atoms with van der Waals surface area (Å²) in [5.41, 5.74) is -0.358. The van der Waals surface area contributed by atoms with Gasteiger partial charge in [0.1, 0.15) is 0 Å². The Hall–Kier alpha value is -2.61. The first-order chi connectivity index (χ1) is 12.0. The summed E-state index contributed by atoms with van der Waals surface area (Å²) in [5.74, 6) is -1.58. The van der Waals surface area contributed by atoms with Crippen molar-refractivity contribution in [2.45, 2.75) is 32.3 Å². The van der Waals surface area contributed by atoms with Crippen molar-refractivity contribution in [1.82, 2.24) is 0 Å². The molecule has 0 aliphatic heterocycles. The first-order valence-electron chi connectivity index (χ1n) is 8.56. The van der Waals surface area contributed by atoms with Crippen LogP contribution in [0.4, 0.5) is 0 Å². The van der Waals surface area contributed by atoms with Gasteiger partial charge in [-0.15, -0.1) is 0 Å². The minimum atomic E-state index is -1.30. The fourth-order valence-corrected chi connectivity index (χ4v) is 4.09. The molecule has 5 nitrogen and oxygen atoms in total. The molecule has 1 aromatic carbocycles. The van der Waals surface area contributed by atoms with Gasteiger partial charge in [0.25, 0.3) is 0 Å². The molecular weight excluding hydrogens is 318 g/mol. The molecule has 0 heterocycles. The van der Waals surface area contributed by atoms with Crippen molar-refractivity contribution in [3.05, 3.63) is 48.0 Å². The lowest BCUT2D eigenvalue weighted by Gasteiger charge is -2.34. The average Bonchev–Trinajstić information content (AvgIpc) is 3.22. The summed E-state index contributed by atoms with van der Waals surface area (Å²) in [4.78, 5) is 24.8. The number of hydrogen-bond acceptors (Lipinski definition) is 5. The smallest absolute Gasteiger partial charge is 0.347 e. The Bertz CT molecular complexity index is 736. The number of benzene rings is 1. The van der Waals surface area contributed by atoms with E-state index in [2.05, 4.69) is 12.1 Å². The average molecular weight is 339 g/mol. The number of esters is 2. The van der Waals surface area contributed by atoms with Crippen molar-refractivity contribution < 1.29 is 19.1 Å². The fourth-order valence-electron chi connectivity index (χ4n) is 4.09. The van der Waals surface area contributed by atoms with Crippen LogP contribution in [0.3, 0.4) is 0 Å². The van der Waals surface area contributed by atoms with Crippen molar-refractivity contribution in [2.75, 3.05) is 6.61 Å². The third-order valence-corrected chi connectivity index (χ3v) is 5.20. The minimum absolute atomic E-state index is 0.123. The van der Waals surface area contributed by atoms with Gasteiger partial charge in [-0.25, -0.2) is 4.79 Å². The second-order valence-corrected chi connectivity index (χ2v) is 6.56. The predicted octanol–water partition coefficient (Wildman–Crippen LogP) is 2.98. The van der Waals surface area contributed by atoms with Gasteiger partial charge < -0.3 is 9.47 Å². The first kappa shape index (κ1) is 17.2. The third kappa shape index (κ3) is 2.72. The number of hydrogen-bond donors (Lipinski definition) is 0. The molecule has 0 unspecified atom stereocenters. The molecule has 0 aromatic heterocycles. The van der Waals surface area contributed by atoms with Gasteiger partial charge in [-0.3, -0.25) is 4.79 Å². The molecule has 25 heavy (non-hydrogen) atoms. The molecule has 2 aliphatic rings. The van der Waals surface area contributed by atoms with E-state index in [1.165, 1.54) is 6.92 Å². The van der Waals surface area contributed by atoms with Crippen molar-refractivity contribution in [1.29, 1.82) is 5.26 Å². The highest BCUT2D eigenvalue weighted by Crippen LogP contribution is 2.61. The van der Waals surface area contributed by atoms with Gasteiger partial charge in [-0.2, -0.15) is 5.26 Å². The number of carbonyl (C=O) groups excluding carboxylic acids is 2. The number of nitriles is 1. The van der Waals surface area contributed by atoms with Crippen LogP contribution in [-0.2, 0) is 19.1 Å². The molecule has 3 rings (SSSR count). The van der Waals surface area contributed by atoms with Crippen molar-refractivity contribution in [3.63, 3.8) is 0 Å². The Kier molecular flexibility index (Phi) is 4.63. The maximum Gasteiger partial charge on any atom is 0.347 e. The molecule has 5 heteroatoms. The molecule has 1 saturated carbocycles. The molecule has 0 N–H and O–H groups in total. The monoisotopic (exact) mass is 339 g/mol. The van der Waals surface area contributed by atoms with Crippen molar-refractivity contribution in [3.8, 4) is 6.07 Å². The lowest BCUT2D eigenvalue weighted by molar-refractivity contribution is -0.172. The maximum atomic E-state index is 13.0. The fraction of sp³-hybridized carbons (Fsp3) is 0.450. The summed E-state index contributed by atoms with van der Waals surface area (Å²) in [5, 5.41) is 9.99. The molecule has 0 amide bonds. The van der Waals surface area contributed by atoms with Crippen LogP contribution < -0.4 is 0 Å². The number of carbonyl (C=O) groups is 2. The van der Waals surface area contributed by atoms with E-state index >= 15 is 0 Å². The van der Waals surface area contributed by atoms with Crippen LogP contribution in [0, 0.1) is 28.6 Å². The van der Waals surface area contributed by atoms with E-state index in [-0.39, 0.29) is 24.4 Å². The molecule has 0 spiro atoms. The Morgan fingerprint density at radius 2 is 2.04 bits per heavy atom. The molecule has 2 aliphatic carbocycles. The molecule has 2 bridgehead atoms. The van der Waals surface area contributed by atoms with E-state index in [0.29, 0.717) is 0 Å².